The zero-order valence-corrected chi connectivity index (χ0v) is 11.4. The quantitative estimate of drug-likeness (QED) is 0.847. The van der Waals surface area contributed by atoms with Gasteiger partial charge in [-0.3, -0.25) is 4.79 Å². The predicted molar refractivity (Wildman–Crippen MR) is 76.4 cm³/mol. The number of benzene rings is 1. The van der Waals surface area contributed by atoms with Gasteiger partial charge in [-0.2, -0.15) is 0 Å². The molecule has 100 valence electrons. The number of carbonyl (C=O) groups excluding carboxylic acids is 1. The van der Waals surface area contributed by atoms with Gasteiger partial charge >= 0.3 is 0 Å². The fourth-order valence-electron chi connectivity index (χ4n) is 2.60. The van der Waals surface area contributed by atoms with Crippen LogP contribution in [0.4, 0.5) is 0 Å². The topological polar surface area (TPSA) is 39.3 Å². The maximum atomic E-state index is 12.5. The standard InChI is InChI=1S/C15H19N3O/c1-11-4-3-5-12-10-13(16-14(11)12)15(19)18-8-6-17(2)7-9-18/h3-5,10,16H,6-9H2,1-2H3. The number of para-hydroxylation sites is 1. The third kappa shape index (κ3) is 2.24. The summed E-state index contributed by atoms with van der Waals surface area (Å²) in [4.78, 5) is 19.9. The average Bonchev–Trinajstić information content (AvgIpc) is 2.84. The lowest BCUT2D eigenvalue weighted by Crippen LogP contribution is -2.47. The molecule has 1 aromatic carbocycles. The number of H-pyrrole nitrogens is 1. The lowest BCUT2D eigenvalue weighted by Gasteiger charge is -2.32. The van der Waals surface area contributed by atoms with Crippen LogP contribution in [0.2, 0.25) is 0 Å². The molecule has 1 aliphatic heterocycles. The second kappa shape index (κ2) is 4.70. The molecule has 0 atom stereocenters. The molecule has 2 heterocycles. The number of hydrogen-bond donors (Lipinski definition) is 1. The summed E-state index contributed by atoms with van der Waals surface area (Å²) in [5.41, 5.74) is 2.95. The number of carbonyl (C=O) groups is 1. The van der Waals surface area contributed by atoms with Crippen molar-refractivity contribution in [3.05, 3.63) is 35.5 Å². The van der Waals surface area contributed by atoms with Crippen LogP contribution in [0.15, 0.2) is 24.3 Å². The molecular weight excluding hydrogens is 238 g/mol. The normalized spacial score (nSPS) is 17.1. The first-order chi connectivity index (χ1) is 9.15. The summed E-state index contributed by atoms with van der Waals surface area (Å²) in [6, 6.07) is 8.08. The Morgan fingerprint density at radius 1 is 1.21 bits per heavy atom. The number of aryl methyl sites for hydroxylation is 1. The van der Waals surface area contributed by atoms with Crippen molar-refractivity contribution in [3.8, 4) is 0 Å². The van der Waals surface area contributed by atoms with Gasteiger partial charge in [0, 0.05) is 37.1 Å². The van der Waals surface area contributed by atoms with Crippen molar-refractivity contribution in [2.45, 2.75) is 6.92 Å². The molecule has 4 nitrogen and oxygen atoms in total. The first-order valence-electron chi connectivity index (χ1n) is 6.71. The molecule has 19 heavy (non-hydrogen) atoms. The Morgan fingerprint density at radius 3 is 2.63 bits per heavy atom. The van der Waals surface area contributed by atoms with Crippen LogP contribution in [-0.4, -0.2) is 53.9 Å². The maximum Gasteiger partial charge on any atom is 0.270 e. The first kappa shape index (κ1) is 12.2. The molecule has 4 heteroatoms. The molecule has 1 aliphatic rings. The molecule has 0 spiro atoms. The zero-order chi connectivity index (χ0) is 13.4. The Hall–Kier alpha value is -1.81. The van der Waals surface area contributed by atoms with Crippen molar-refractivity contribution in [2.24, 2.45) is 0 Å². The molecule has 0 saturated carbocycles. The van der Waals surface area contributed by atoms with Gasteiger partial charge < -0.3 is 14.8 Å². The number of amides is 1. The van der Waals surface area contributed by atoms with Gasteiger partial charge in [-0.05, 0) is 25.6 Å². The van der Waals surface area contributed by atoms with Crippen molar-refractivity contribution in [1.29, 1.82) is 0 Å². The monoisotopic (exact) mass is 257 g/mol. The molecule has 0 radical (unpaired) electrons. The Morgan fingerprint density at radius 2 is 1.95 bits per heavy atom. The van der Waals surface area contributed by atoms with Crippen LogP contribution >= 0.6 is 0 Å². The Balaban J connectivity index is 1.87. The minimum absolute atomic E-state index is 0.115. The van der Waals surface area contributed by atoms with Gasteiger partial charge in [-0.1, -0.05) is 18.2 Å². The fourth-order valence-corrected chi connectivity index (χ4v) is 2.60. The highest BCUT2D eigenvalue weighted by molar-refractivity contribution is 5.98. The summed E-state index contributed by atoms with van der Waals surface area (Å²) in [5, 5.41) is 1.11. The van der Waals surface area contributed by atoms with Crippen LogP contribution < -0.4 is 0 Å². The molecule has 0 bridgehead atoms. The van der Waals surface area contributed by atoms with E-state index in [4.69, 9.17) is 0 Å². The van der Waals surface area contributed by atoms with E-state index in [2.05, 4.69) is 29.9 Å². The van der Waals surface area contributed by atoms with Crippen molar-refractivity contribution < 1.29 is 4.79 Å². The number of aromatic amines is 1. The van der Waals surface area contributed by atoms with Crippen LogP contribution in [0.5, 0.6) is 0 Å². The van der Waals surface area contributed by atoms with E-state index in [1.807, 2.05) is 23.1 Å². The summed E-state index contributed by atoms with van der Waals surface area (Å²) in [6.45, 7) is 5.58. The summed E-state index contributed by atoms with van der Waals surface area (Å²) < 4.78 is 0. The number of fused-ring (bicyclic) bond motifs is 1. The number of piperazine rings is 1. The van der Waals surface area contributed by atoms with Crippen LogP contribution in [0.3, 0.4) is 0 Å². The molecule has 1 fully saturated rings. The van der Waals surface area contributed by atoms with E-state index >= 15 is 0 Å². The smallest absolute Gasteiger partial charge is 0.270 e. The largest absolute Gasteiger partial charge is 0.350 e. The molecular formula is C15H19N3O. The van der Waals surface area contributed by atoms with Crippen LogP contribution in [0.25, 0.3) is 10.9 Å². The highest BCUT2D eigenvalue weighted by atomic mass is 16.2. The van der Waals surface area contributed by atoms with E-state index in [0.29, 0.717) is 5.69 Å². The molecule has 1 aromatic heterocycles. The Labute approximate surface area is 113 Å². The van der Waals surface area contributed by atoms with Crippen molar-refractivity contribution >= 4 is 16.8 Å². The lowest BCUT2D eigenvalue weighted by molar-refractivity contribution is 0.0659. The minimum Gasteiger partial charge on any atom is -0.350 e. The van der Waals surface area contributed by atoms with Crippen LogP contribution in [0.1, 0.15) is 16.1 Å². The number of hydrogen-bond acceptors (Lipinski definition) is 2. The van der Waals surface area contributed by atoms with E-state index in [1.54, 1.807) is 0 Å². The van der Waals surface area contributed by atoms with E-state index in [-0.39, 0.29) is 5.91 Å². The van der Waals surface area contributed by atoms with E-state index in [0.717, 1.165) is 37.1 Å². The van der Waals surface area contributed by atoms with Gasteiger partial charge in [0.2, 0.25) is 0 Å². The third-order valence-corrected chi connectivity index (χ3v) is 3.89. The maximum absolute atomic E-state index is 12.5. The van der Waals surface area contributed by atoms with Gasteiger partial charge in [-0.15, -0.1) is 0 Å². The highest BCUT2D eigenvalue weighted by Gasteiger charge is 2.21. The first-order valence-corrected chi connectivity index (χ1v) is 6.71. The van der Waals surface area contributed by atoms with Gasteiger partial charge in [0.25, 0.3) is 5.91 Å². The third-order valence-electron chi connectivity index (χ3n) is 3.89. The van der Waals surface area contributed by atoms with Crippen molar-refractivity contribution in [3.63, 3.8) is 0 Å². The van der Waals surface area contributed by atoms with Gasteiger partial charge in [0.1, 0.15) is 5.69 Å². The van der Waals surface area contributed by atoms with E-state index in [1.165, 1.54) is 5.56 Å². The van der Waals surface area contributed by atoms with Crippen molar-refractivity contribution in [1.82, 2.24) is 14.8 Å². The number of likely N-dealkylation sites (N-methyl/N-ethyl adjacent to an activating group) is 1. The number of rotatable bonds is 1. The minimum atomic E-state index is 0.115. The molecule has 1 saturated heterocycles. The summed E-state index contributed by atoms with van der Waals surface area (Å²) in [5.74, 6) is 0.115. The second-order valence-corrected chi connectivity index (χ2v) is 5.32. The lowest BCUT2D eigenvalue weighted by atomic mass is 10.2. The van der Waals surface area contributed by atoms with Gasteiger partial charge in [0.05, 0.1) is 0 Å². The number of nitrogens with one attached hydrogen (secondary N) is 1. The fraction of sp³-hybridized carbons (Fsp3) is 0.400. The molecule has 0 unspecified atom stereocenters. The average molecular weight is 257 g/mol. The number of nitrogens with zero attached hydrogens (tertiary/aromatic N) is 2. The molecule has 3 rings (SSSR count). The SMILES string of the molecule is Cc1cccc2cc(C(=O)N3CCN(C)CC3)[nH]c12. The van der Waals surface area contributed by atoms with E-state index in [9.17, 15) is 4.79 Å². The Kier molecular flexibility index (Phi) is 3.03. The molecule has 2 aromatic rings. The van der Waals surface area contributed by atoms with Gasteiger partial charge in [0.15, 0.2) is 0 Å². The second-order valence-electron chi connectivity index (χ2n) is 5.32. The summed E-state index contributed by atoms with van der Waals surface area (Å²) >= 11 is 0. The Bertz CT molecular complexity index is 609. The summed E-state index contributed by atoms with van der Waals surface area (Å²) in [6.07, 6.45) is 0. The molecule has 1 N–H and O–H groups in total. The predicted octanol–water partition coefficient (Wildman–Crippen LogP) is 1.86. The molecule has 1 amide bonds. The van der Waals surface area contributed by atoms with Crippen LogP contribution in [0, 0.1) is 6.92 Å². The zero-order valence-electron chi connectivity index (χ0n) is 11.4. The summed E-state index contributed by atoms with van der Waals surface area (Å²) in [7, 11) is 2.09. The molecule has 0 aliphatic carbocycles. The number of aromatic nitrogens is 1. The van der Waals surface area contributed by atoms with Gasteiger partial charge in [-0.25, -0.2) is 0 Å². The van der Waals surface area contributed by atoms with E-state index < -0.39 is 0 Å². The van der Waals surface area contributed by atoms with Crippen LogP contribution in [-0.2, 0) is 0 Å². The van der Waals surface area contributed by atoms with Crippen molar-refractivity contribution in [2.75, 3.05) is 33.2 Å². The highest BCUT2D eigenvalue weighted by Crippen LogP contribution is 2.20.